The average Bonchev–Trinajstić information content (AvgIpc) is 3.05. The van der Waals surface area contributed by atoms with E-state index in [1.54, 1.807) is 6.20 Å². The fourth-order valence-electron chi connectivity index (χ4n) is 2.16. The molecule has 0 saturated heterocycles. The maximum absolute atomic E-state index is 4.33. The molecule has 0 spiro atoms. The van der Waals surface area contributed by atoms with Gasteiger partial charge in [-0.1, -0.05) is 6.07 Å². The van der Waals surface area contributed by atoms with Crippen LogP contribution in [0.2, 0.25) is 0 Å². The fraction of sp³-hybridized carbons (Fsp3) is 0.286. The van der Waals surface area contributed by atoms with E-state index in [1.165, 1.54) is 5.56 Å². The summed E-state index contributed by atoms with van der Waals surface area (Å²) >= 11 is 0. The first-order chi connectivity index (χ1) is 9.33. The highest BCUT2D eigenvalue weighted by Crippen LogP contribution is 2.09. The van der Waals surface area contributed by atoms with Crippen molar-refractivity contribution in [2.24, 2.45) is 0 Å². The number of fused-ring (bicyclic) bond motifs is 1. The summed E-state index contributed by atoms with van der Waals surface area (Å²) in [6, 6.07) is 8.41. The van der Waals surface area contributed by atoms with Crippen molar-refractivity contribution in [3.63, 3.8) is 0 Å². The normalized spacial score (nSPS) is 12.9. The van der Waals surface area contributed by atoms with Gasteiger partial charge in [-0.25, -0.2) is 4.52 Å². The predicted octanol–water partition coefficient (Wildman–Crippen LogP) is 1.71. The Hall–Kier alpha value is -2.14. The number of nitrogens with one attached hydrogen (secondary N) is 1. The molecule has 0 aliphatic carbocycles. The Bertz CT molecular complexity index is 641. The fourth-order valence-corrected chi connectivity index (χ4v) is 2.16. The van der Waals surface area contributed by atoms with Gasteiger partial charge in [-0.05, 0) is 25.1 Å². The van der Waals surface area contributed by atoms with Crippen molar-refractivity contribution in [3.8, 4) is 0 Å². The third kappa shape index (κ3) is 2.66. The molecule has 98 valence electrons. The molecule has 1 N–H and O–H groups in total. The van der Waals surface area contributed by atoms with E-state index in [-0.39, 0.29) is 0 Å². The molecule has 0 aliphatic rings. The summed E-state index contributed by atoms with van der Waals surface area (Å²) < 4.78 is 3.84. The largest absolute Gasteiger partial charge is 0.308 e. The van der Waals surface area contributed by atoms with Gasteiger partial charge >= 0.3 is 0 Å². The molecule has 3 aromatic heterocycles. The molecular formula is C14H17N5. The first-order valence-electron chi connectivity index (χ1n) is 6.45. The van der Waals surface area contributed by atoms with Crippen LogP contribution in [0.15, 0.2) is 49.1 Å². The summed E-state index contributed by atoms with van der Waals surface area (Å²) in [5.74, 6) is 0. The SMILES string of the molecule is CC(Cn1cccn1)NCc1cnn2ccccc12. The maximum Gasteiger partial charge on any atom is 0.0706 e. The van der Waals surface area contributed by atoms with Crippen molar-refractivity contribution < 1.29 is 0 Å². The lowest BCUT2D eigenvalue weighted by atomic mass is 10.2. The van der Waals surface area contributed by atoms with Crippen LogP contribution < -0.4 is 5.32 Å². The molecule has 0 saturated carbocycles. The summed E-state index contributed by atoms with van der Waals surface area (Å²) in [7, 11) is 0. The van der Waals surface area contributed by atoms with E-state index in [4.69, 9.17) is 0 Å². The second-order valence-corrected chi connectivity index (χ2v) is 4.71. The molecule has 0 aromatic carbocycles. The monoisotopic (exact) mass is 255 g/mol. The Balaban J connectivity index is 1.62. The van der Waals surface area contributed by atoms with Gasteiger partial charge in [-0.2, -0.15) is 10.2 Å². The number of hydrogen-bond acceptors (Lipinski definition) is 3. The van der Waals surface area contributed by atoms with Gasteiger partial charge in [0.05, 0.1) is 18.3 Å². The zero-order valence-corrected chi connectivity index (χ0v) is 10.9. The number of nitrogens with zero attached hydrogens (tertiary/aromatic N) is 4. The summed E-state index contributed by atoms with van der Waals surface area (Å²) in [5, 5.41) is 12.0. The molecule has 0 radical (unpaired) electrons. The van der Waals surface area contributed by atoms with Crippen molar-refractivity contribution >= 4 is 5.52 Å². The van der Waals surface area contributed by atoms with Crippen LogP contribution in [-0.2, 0) is 13.1 Å². The molecule has 0 fully saturated rings. The molecule has 3 rings (SSSR count). The minimum Gasteiger partial charge on any atom is -0.308 e. The van der Waals surface area contributed by atoms with Crippen LogP contribution in [0.5, 0.6) is 0 Å². The van der Waals surface area contributed by atoms with E-state index < -0.39 is 0 Å². The van der Waals surface area contributed by atoms with Crippen LogP contribution in [0.25, 0.3) is 5.52 Å². The van der Waals surface area contributed by atoms with Crippen LogP contribution in [0.3, 0.4) is 0 Å². The van der Waals surface area contributed by atoms with Crippen LogP contribution in [0.1, 0.15) is 12.5 Å². The summed E-state index contributed by atoms with van der Waals surface area (Å²) in [6.45, 7) is 3.84. The van der Waals surface area contributed by atoms with Crippen molar-refractivity contribution in [2.45, 2.75) is 26.1 Å². The van der Waals surface area contributed by atoms with Crippen LogP contribution >= 0.6 is 0 Å². The van der Waals surface area contributed by atoms with Crippen LogP contribution in [0, 0.1) is 0 Å². The number of hydrogen-bond donors (Lipinski definition) is 1. The van der Waals surface area contributed by atoms with Gasteiger partial charge in [0.25, 0.3) is 0 Å². The second kappa shape index (κ2) is 5.24. The Morgan fingerprint density at radius 1 is 1.21 bits per heavy atom. The van der Waals surface area contributed by atoms with Gasteiger partial charge in [0.2, 0.25) is 0 Å². The van der Waals surface area contributed by atoms with Gasteiger partial charge in [0.1, 0.15) is 0 Å². The van der Waals surface area contributed by atoms with Gasteiger partial charge in [0, 0.05) is 36.7 Å². The number of pyridine rings is 1. The summed E-state index contributed by atoms with van der Waals surface area (Å²) in [4.78, 5) is 0. The number of aromatic nitrogens is 4. The second-order valence-electron chi connectivity index (χ2n) is 4.71. The molecule has 0 bridgehead atoms. The summed E-state index contributed by atoms with van der Waals surface area (Å²) in [6.07, 6.45) is 7.67. The topological polar surface area (TPSA) is 47.2 Å². The predicted molar refractivity (Wildman–Crippen MR) is 73.7 cm³/mol. The standard InChI is InChI=1S/C14H17N5/c1-12(11-18-7-4-6-16-18)15-9-13-10-17-19-8-3-2-5-14(13)19/h2-8,10,12,15H,9,11H2,1H3. The van der Waals surface area contributed by atoms with Crippen molar-refractivity contribution in [3.05, 3.63) is 54.6 Å². The Labute approximate surface area is 111 Å². The smallest absolute Gasteiger partial charge is 0.0706 e. The van der Waals surface area contributed by atoms with E-state index in [1.807, 2.05) is 46.0 Å². The minimum absolute atomic E-state index is 0.360. The highest BCUT2D eigenvalue weighted by Gasteiger charge is 2.06. The third-order valence-corrected chi connectivity index (χ3v) is 3.17. The zero-order valence-electron chi connectivity index (χ0n) is 10.9. The lowest BCUT2D eigenvalue weighted by Crippen LogP contribution is -2.30. The van der Waals surface area contributed by atoms with Crippen molar-refractivity contribution in [2.75, 3.05) is 0 Å². The van der Waals surface area contributed by atoms with E-state index >= 15 is 0 Å². The Morgan fingerprint density at radius 2 is 2.16 bits per heavy atom. The van der Waals surface area contributed by atoms with Gasteiger partial charge < -0.3 is 5.32 Å². The first-order valence-corrected chi connectivity index (χ1v) is 6.45. The first kappa shape index (κ1) is 11.9. The molecular weight excluding hydrogens is 238 g/mol. The highest BCUT2D eigenvalue weighted by atomic mass is 15.3. The van der Waals surface area contributed by atoms with Crippen LogP contribution in [-0.4, -0.2) is 25.4 Å². The average molecular weight is 255 g/mol. The van der Waals surface area contributed by atoms with E-state index in [2.05, 4.69) is 28.5 Å². The molecule has 0 amide bonds. The molecule has 1 unspecified atom stereocenters. The van der Waals surface area contributed by atoms with E-state index in [0.717, 1.165) is 18.6 Å². The van der Waals surface area contributed by atoms with Crippen LogP contribution in [0.4, 0.5) is 0 Å². The summed E-state index contributed by atoms with van der Waals surface area (Å²) in [5.41, 5.74) is 2.37. The zero-order chi connectivity index (χ0) is 13.1. The minimum atomic E-state index is 0.360. The lowest BCUT2D eigenvalue weighted by Gasteiger charge is -2.13. The third-order valence-electron chi connectivity index (χ3n) is 3.17. The van der Waals surface area contributed by atoms with Gasteiger partial charge in [0.15, 0.2) is 0 Å². The maximum atomic E-state index is 4.33. The van der Waals surface area contributed by atoms with Gasteiger partial charge in [-0.3, -0.25) is 4.68 Å². The highest BCUT2D eigenvalue weighted by molar-refractivity contribution is 5.53. The Kier molecular flexibility index (Phi) is 3.29. The molecule has 5 nitrogen and oxygen atoms in total. The van der Waals surface area contributed by atoms with Crippen molar-refractivity contribution in [1.82, 2.24) is 24.7 Å². The van der Waals surface area contributed by atoms with Crippen molar-refractivity contribution in [1.29, 1.82) is 0 Å². The molecule has 5 heteroatoms. The molecule has 3 aromatic rings. The lowest BCUT2D eigenvalue weighted by molar-refractivity contribution is 0.451. The Morgan fingerprint density at radius 3 is 3.00 bits per heavy atom. The number of rotatable bonds is 5. The van der Waals surface area contributed by atoms with Gasteiger partial charge in [-0.15, -0.1) is 0 Å². The quantitative estimate of drug-likeness (QED) is 0.755. The molecule has 3 heterocycles. The van der Waals surface area contributed by atoms with E-state index in [9.17, 15) is 0 Å². The molecule has 19 heavy (non-hydrogen) atoms. The molecule has 0 aliphatic heterocycles. The molecule has 1 atom stereocenters. The van der Waals surface area contributed by atoms with E-state index in [0.29, 0.717) is 6.04 Å².